The van der Waals surface area contributed by atoms with Crippen molar-refractivity contribution in [2.75, 3.05) is 13.2 Å². The van der Waals surface area contributed by atoms with Crippen LogP contribution in [0.5, 0.6) is 5.75 Å². The van der Waals surface area contributed by atoms with Crippen molar-refractivity contribution in [1.29, 1.82) is 0 Å². The van der Waals surface area contributed by atoms with Crippen LogP contribution in [-0.4, -0.2) is 46.9 Å². The lowest BCUT2D eigenvalue weighted by atomic mass is 9.86. The zero-order chi connectivity index (χ0) is 31.7. The Morgan fingerprint density at radius 2 is 1.64 bits per heavy atom. The summed E-state index contributed by atoms with van der Waals surface area (Å²) in [6.07, 6.45) is 5.97. The van der Waals surface area contributed by atoms with Crippen LogP contribution in [0, 0.1) is 0 Å². The minimum absolute atomic E-state index is 0.0765. The first-order valence-electron chi connectivity index (χ1n) is 16.1. The number of hydrogen-bond donors (Lipinski definition) is 1. The Morgan fingerprint density at radius 3 is 2.32 bits per heavy atom. The van der Waals surface area contributed by atoms with Gasteiger partial charge in [0.05, 0.1) is 13.0 Å². The molecule has 234 valence electrons. The number of aryl methyl sites for hydroxylation is 2. The molecule has 1 amide bonds. The van der Waals surface area contributed by atoms with Crippen LogP contribution < -0.4 is 4.74 Å². The monoisotopic (exact) mass is 596 g/mol. The Bertz CT molecular complexity index is 1450. The standard InChI is InChI=1S/C38H48N2O4/c1-6-23-44-34-22-19-30(25-31(34)26-36(41)42)29-14-8-12-28(24-29)13-10-16-35-39-33(37(43)40(35)7-2)15-9-11-27-17-20-32(21-18-27)38(3,4)5/h8,12,14,17-22,24-25,33H,6-7,9-11,13,15-16,23,26H2,1-5H3,(H,41,42). The summed E-state index contributed by atoms with van der Waals surface area (Å²) in [5.74, 6) is 0.805. The van der Waals surface area contributed by atoms with Gasteiger partial charge in [-0.15, -0.1) is 0 Å². The second-order valence-electron chi connectivity index (χ2n) is 12.8. The topological polar surface area (TPSA) is 79.2 Å². The van der Waals surface area contributed by atoms with Crippen molar-refractivity contribution < 1.29 is 19.4 Å². The predicted octanol–water partition coefficient (Wildman–Crippen LogP) is 8.04. The van der Waals surface area contributed by atoms with Crippen LogP contribution in [0.25, 0.3) is 11.1 Å². The van der Waals surface area contributed by atoms with E-state index in [-0.39, 0.29) is 23.8 Å². The van der Waals surface area contributed by atoms with Crippen LogP contribution >= 0.6 is 0 Å². The largest absolute Gasteiger partial charge is 0.493 e. The first kappa shape index (κ1) is 33.0. The van der Waals surface area contributed by atoms with E-state index in [4.69, 9.17) is 9.73 Å². The fourth-order valence-electron chi connectivity index (χ4n) is 5.78. The molecule has 0 saturated carbocycles. The third-order valence-electron chi connectivity index (χ3n) is 8.24. The highest BCUT2D eigenvalue weighted by Crippen LogP contribution is 2.29. The van der Waals surface area contributed by atoms with E-state index in [9.17, 15) is 14.7 Å². The number of rotatable bonds is 15. The molecule has 0 bridgehead atoms. The average Bonchev–Trinajstić information content (AvgIpc) is 3.29. The van der Waals surface area contributed by atoms with Gasteiger partial charge in [0.15, 0.2) is 0 Å². The zero-order valence-electron chi connectivity index (χ0n) is 27.1. The lowest BCUT2D eigenvalue weighted by Gasteiger charge is -2.19. The van der Waals surface area contributed by atoms with Crippen molar-refractivity contribution in [3.63, 3.8) is 0 Å². The fraction of sp³-hybridized carbons (Fsp3) is 0.447. The number of amides is 1. The lowest BCUT2D eigenvalue weighted by molar-refractivity contribution is -0.136. The van der Waals surface area contributed by atoms with Crippen molar-refractivity contribution in [3.05, 3.63) is 89.0 Å². The number of likely N-dealkylation sites (N-methyl/N-ethyl adjacent to an activating group) is 1. The van der Waals surface area contributed by atoms with Gasteiger partial charge in [0.1, 0.15) is 17.6 Å². The van der Waals surface area contributed by atoms with Gasteiger partial charge in [0, 0.05) is 18.5 Å². The second kappa shape index (κ2) is 15.2. The predicted molar refractivity (Wildman–Crippen MR) is 179 cm³/mol. The van der Waals surface area contributed by atoms with Gasteiger partial charge in [-0.1, -0.05) is 82.3 Å². The second-order valence-corrected chi connectivity index (χ2v) is 12.8. The van der Waals surface area contributed by atoms with Crippen LogP contribution in [0.1, 0.15) is 89.0 Å². The Labute approximate surface area is 263 Å². The fourth-order valence-corrected chi connectivity index (χ4v) is 5.78. The van der Waals surface area contributed by atoms with Crippen molar-refractivity contribution >= 4 is 17.7 Å². The number of carboxylic acid groups (broad SMARTS) is 1. The number of carboxylic acids is 1. The Hall–Kier alpha value is -3.93. The van der Waals surface area contributed by atoms with Crippen LogP contribution in [0.15, 0.2) is 71.7 Å². The molecule has 1 N–H and O–H groups in total. The molecule has 0 spiro atoms. The molecule has 6 nitrogen and oxygen atoms in total. The molecule has 0 radical (unpaired) electrons. The maximum Gasteiger partial charge on any atom is 0.307 e. The van der Waals surface area contributed by atoms with E-state index in [1.165, 1.54) is 16.7 Å². The normalized spacial score (nSPS) is 15.0. The van der Waals surface area contributed by atoms with Gasteiger partial charge in [0.2, 0.25) is 0 Å². The van der Waals surface area contributed by atoms with E-state index in [1.54, 1.807) is 0 Å². The molecule has 6 heteroatoms. The molecule has 3 aromatic carbocycles. The molecule has 1 aliphatic heterocycles. The zero-order valence-corrected chi connectivity index (χ0v) is 27.1. The smallest absolute Gasteiger partial charge is 0.307 e. The summed E-state index contributed by atoms with van der Waals surface area (Å²) in [4.78, 5) is 31.3. The van der Waals surface area contributed by atoms with Crippen molar-refractivity contribution in [2.24, 2.45) is 4.99 Å². The lowest BCUT2D eigenvalue weighted by Crippen LogP contribution is -2.35. The first-order valence-corrected chi connectivity index (χ1v) is 16.1. The first-order chi connectivity index (χ1) is 21.1. The summed E-state index contributed by atoms with van der Waals surface area (Å²) >= 11 is 0. The number of carbonyl (C=O) groups excluding carboxylic acids is 1. The van der Waals surface area contributed by atoms with Gasteiger partial charge in [0.25, 0.3) is 5.91 Å². The van der Waals surface area contributed by atoms with Crippen LogP contribution in [0.4, 0.5) is 0 Å². The average molecular weight is 597 g/mol. The van der Waals surface area contributed by atoms with Gasteiger partial charge in [-0.05, 0) is 90.8 Å². The number of aliphatic imine (C=N–C) groups is 1. The van der Waals surface area contributed by atoms with E-state index in [0.717, 1.165) is 61.9 Å². The SMILES string of the molecule is CCCOc1ccc(-c2cccc(CCCC3=NC(CCCc4ccc(C(C)(C)C)cc4)C(=O)N3CC)c2)cc1CC(=O)O. The Morgan fingerprint density at radius 1 is 0.909 bits per heavy atom. The van der Waals surface area contributed by atoms with E-state index < -0.39 is 5.97 Å². The maximum absolute atomic E-state index is 13.1. The summed E-state index contributed by atoms with van der Waals surface area (Å²) in [6, 6.07) is 22.8. The number of nitrogens with zero attached hydrogens (tertiary/aromatic N) is 2. The molecule has 0 fully saturated rings. The van der Waals surface area contributed by atoms with Crippen LogP contribution in [0.2, 0.25) is 0 Å². The Balaban J connectivity index is 1.34. The number of ether oxygens (including phenoxy) is 1. The molecule has 1 aliphatic rings. The van der Waals surface area contributed by atoms with E-state index in [0.29, 0.717) is 24.5 Å². The molecule has 4 rings (SSSR count). The van der Waals surface area contributed by atoms with Gasteiger partial charge in [-0.3, -0.25) is 19.5 Å². The highest BCUT2D eigenvalue weighted by atomic mass is 16.5. The summed E-state index contributed by atoms with van der Waals surface area (Å²) in [6.45, 7) is 11.9. The summed E-state index contributed by atoms with van der Waals surface area (Å²) in [7, 11) is 0. The van der Waals surface area contributed by atoms with Crippen molar-refractivity contribution in [2.45, 2.75) is 97.4 Å². The third kappa shape index (κ3) is 8.81. The molecular formula is C38H48N2O4. The quantitative estimate of drug-likeness (QED) is 0.193. The molecule has 0 aliphatic carbocycles. The van der Waals surface area contributed by atoms with Gasteiger partial charge in [-0.25, -0.2) is 0 Å². The molecule has 1 unspecified atom stereocenters. The number of amidine groups is 1. The molecule has 3 aromatic rings. The molecule has 1 atom stereocenters. The van der Waals surface area contributed by atoms with Gasteiger partial charge in [-0.2, -0.15) is 0 Å². The maximum atomic E-state index is 13.1. The number of benzene rings is 3. The van der Waals surface area contributed by atoms with Gasteiger partial charge >= 0.3 is 5.97 Å². The van der Waals surface area contributed by atoms with Crippen molar-refractivity contribution in [3.8, 4) is 16.9 Å². The summed E-state index contributed by atoms with van der Waals surface area (Å²) in [5, 5.41) is 9.41. The molecular weight excluding hydrogens is 548 g/mol. The van der Waals surface area contributed by atoms with Crippen LogP contribution in [-0.2, 0) is 34.3 Å². The number of aliphatic carboxylic acids is 1. The summed E-state index contributed by atoms with van der Waals surface area (Å²) < 4.78 is 5.79. The van der Waals surface area contributed by atoms with E-state index >= 15 is 0 Å². The van der Waals surface area contributed by atoms with E-state index in [2.05, 4.69) is 63.2 Å². The highest BCUT2D eigenvalue weighted by Gasteiger charge is 2.32. The van der Waals surface area contributed by atoms with E-state index in [1.807, 2.05) is 43.0 Å². The number of carbonyl (C=O) groups is 2. The number of hydrogen-bond acceptors (Lipinski definition) is 4. The third-order valence-corrected chi connectivity index (χ3v) is 8.24. The Kier molecular flexibility index (Phi) is 11.4. The summed E-state index contributed by atoms with van der Waals surface area (Å²) in [5.41, 5.74) is 6.70. The van der Waals surface area contributed by atoms with Crippen LogP contribution in [0.3, 0.4) is 0 Å². The van der Waals surface area contributed by atoms with Gasteiger partial charge < -0.3 is 9.84 Å². The molecule has 0 saturated heterocycles. The molecule has 0 aromatic heterocycles. The minimum Gasteiger partial charge on any atom is -0.493 e. The van der Waals surface area contributed by atoms with Crippen molar-refractivity contribution in [1.82, 2.24) is 4.90 Å². The molecule has 1 heterocycles. The highest BCUT2D eigenvalue weighted by molar-refractivity contribution is 6.05. The molecule has 44 heavy (non-hydrogen) atoms. The minimum atomic E-state index is -0.875.